The Balaban J connectivity index is 2.38. The maximum absolute atomic E-state index is 2.26. The molecule has 0 aromatic carbocycles. The molecule has 1 rings (SSSR count). The smallest absolute Gasteiger partial charge is 0.0169 e. The standard InChI is InChI=1S/C13H18/c1-2-4-6-8-10-12-13-11-9-7-5-3-1/h1-4,9-12H,5-8,13H2/b3-1?,4-2?,11-9+,12-10+. The lowest BCUT2D eigenvalue weighted by Gasteiger charge is -1.85. The van der Waals surface area contributed by atoms with Gasteiger partial charge in [0.15, 0.2) is 0 Å². The summed E-state index contributed by atoms with van der Waals surface area (Å²) in [6.07, 6.45) is 23.5. The quantitative estimate of drug-likeness (QED) is 0.483. The van der Waals surface area contributed by atoms with E-state index in [0.29, 0.717) is 0 Å². The summed E-state index contributed by atoms with van der Waals surface area (Å²) in [5.74, 6) is 0. The molecular formula is C13H18. The van der Waals surface area contributed by atoms with Crippen LogP contribution in [0.1, 0.15) is 32.1 Å². The molecule has 0 aliphatic heterocycles. The SMILES string of the molecule is C1=CCC/C=C/C/C=C/CCC=C1. The van der Waals surface area contributed by atoms with Crippen molar-refractivity contribution in [3.8, 4) is 0 Å². The fraction of sp³-hybridized carbons (Fsp3) is 0.385. The fourth-order valence-electron chi connectivity index (χ4n) is 1.24. The van der Waals surface area contributed by atoms with Crippen molar-refractivity contribution in [1.29, 1.82) is 0 Å². The van der Waals surface area contributed by atoms with Gasteiger partial charge in [0.05, 0.1) is 0 Å². The predicted octanol–water partition coefficient (Wildman–Crippen LogP) is 4.18. The molecule has 0 saturated carbocycles. The molecule has 0 heterocycles. The molecule has 0 aromatic rings. The molecule has 0 spiro atoms. The van der Waals surface area contributed by atoms with Crippen LogP contribution >= 0.6 is 0 Å². The van der Waals surface area contributed by atoms with Crippen LogP contribution in [0.3, 0.4) is 0 Å². The van der Waals surface area contributed by atoms with Gasteiger partial charge >= 0.3 is 0 Å². The van der Waals surface area contributed by atoms with Gasteiger partial charge in [0.25, 0.3) is 0 Å². The maximum atomic E-state index is 2.26. The number of allylic oxidation sites excluding steroid dienone is 8. The maximum Gasteiger partial charge on any atom is -0.0169 e. The van der Waals surface area contributed by atoms with Crippen LogP contribution in [0.4, 0.5) is 0 Å². The van der Waals surface area contributed by atoms with E-state index in [-0.39, 0.29) is 0 Å². The minimum Gasteiger partial charge on any atom is -0.0879 e. The third-order valence-electron chi connectivity index (χ3n) is 1.99. The first-order valence-corrected chi connectivity index (χ1v) is 5.12. The summed E-state index contributed by atoms with van der Waals surface area (Å²) in [6, 6.07) is 0. The topological polar surface area (TPSA) is 0 Å². The highest BCUT2D eigenvalue weighted by Crippen LogP contribution is 1.99. The van der Waals surface area contributed by atoms with Crippen LogP contribution in [0, 0.1) is 0 Å². The van der Waals surface area contributed by atoms with Crippen molar-refractivity contribution in [3.63, 3.8) is 0 Å². The fourth-order valence-corrected chi connectivity index (χ4v) is 1.24. The summed E-state index contributed by atoms with van der Waals surface area (Å²) >= 11 is 0. The molecule has 0 heteroatoms. The Morgan fingerprint density at radius 3 is 1.46 bits per heavy atom. The van der Waals surface area contributed by atoms with Crippen LogP contribution in [-0.4, -0.2) is 0 Å². The van der Waals surface area contributed by atoms with E-state index in [9.17, 15) is 0 Å². The highest BCUT2D eigenvalue weighted by Gasteiger charge is 1.79. The molecule has 0 bridgehead atoms. The van der Waals surface area contributed by atoms with Gasteiger partial charge in [-0.2, -0.15) is 0 Å². The lowest BCUT2D eigenvalue weighted by atomic mass is 10.2. The van der Waals surface area contributed by atoms with E-state index in [1.54, 1.807) is 0 Å². The molecule has 0 fully saturated rings. The van der Waals surface area contributed by atoms with Crippen molar-refractivity contribution in [1.82, 2.24) is 0 Å². The van der Waals surface area contributed by atoms with Gasteiger partial charge in [0, 0.05) is 0 Å². The second-order valence-corrected chi connectivity index (χ2v) is 3.19. The third kappa shape index (κ3) is 6.15. The highest BCUT2D eigenvalue weighted by molar-refractivity contribution is 5.04. The molecule has 1 aliphatic carbocycles. The molecule has 0 unspecified atom stereocenters. The zero-order chi connectivity index (χ0) is 9.19. The summed E-state index contributed by atoms with van der Waals surface area (Å²) in [4.78, 5) is 0. The molecule has 13 heavy (non-hydrogen) atoms. The summed E-state index contributed by atoms with van der Waals surface area (Å²) in [6.45, 7) is 0. The Morgan fingerprint density at radius 1 is 0.462 bits per heavy atom. The summed E-state index contributed by atoms with van der Waals surface area (Å²) in [7, 11) is 0. The predicted molar refractivity (Wildman–Crippen MR) is 59.6 cm³/mol. The van der Waals surface area contributed by atoms with Gasteiger partial charge in [-0.25, -0.2) is 0 Å². The van der Waals surface area contributed by atoms with Gasteiger partial charge in [-0.1, -0.05) is 48.6 Å². The van der Waals surface area contributed by atoms with Crippen molar-refractivity contribution >= 4 is 0 Å². The van der Waals surface area contributed by atoms with Crippen LogP contribution < -0.4 is 0 Å². The van der Waals surface area contributed by atoms with Gasteiger partial charge in [-0.15, -0.1) is 0 Å². The largest absolute Gasteiger partial charge is 0.0879 e. The van der Waals surface area contributed by atoms with Crippen LogP contribution in [0.15, 0.2) is 48.6 Å². The van der Waals surface area contributed by atoms with Crippen molar-refractivity contribution in [3.05, 3.63) is 48.6 Å². The Kier molecular flexibility index (Phi) is 5.87. The van der Waals surface area contributed by atoms with E-state index in [0.717, 1.165) is 32.1 Å². The van der Waals surface area contributed by atoms with E-state index in [2.05, 4.69) is 48.6 Å². The zero-order valence-corrected chi connectivity index (χ0v) is 8.15. The van der Waals surface area contributed by atoms with Crippen molar-refractivity contribution in [2.24, 2.45) is 0 Å². The molecule has 0 aromatic heterocycles. The normalized spacial score (nSPS) is 24.0. The number of hydrogen-bond donors (Lipinski definition) is 0. The summed E-state index contributed by atoms with van der Waals surface area (Å²) < 4.78 is 0. The summed E-state index contributed by atoms with van der Waals surface area (Å²) in [5, 5.41) is 0. The molecule has 0 saturated heterocycles. The minimum atomic E-state index is 1.09. The van der Waals surface area contributed by atoms with E-state index < -0.39 is 0 Å². The number of hydrogen-bond acceptors (Lipinski definition) is 0. The molecule has 0 N–H and O–H groups in total. The minimum absolute atomic E-state index is 1.09. The van der Waals surface area contributed by atoms with Crippen molar-refractivity contribution in [2.75, 3.05) is 0 Å². The highest BCUT2D eigenvalue weighted by atomic mass is 13.9. The van der Waals surface area contributed by atoms with Crippen LogP contribution in [0.2, 0.25) is 0 Å². The molecule has 0 nitrogen and oxygen atoms in total. The van der Waals surface area contributed by atoms with E-state index >= 15 is 0 Å². The Labute approximate surface area is 81.4 Å². The first kappa shape index (κ1) is 10.0. The van der Waals surface area contributed by atoms with Crippen molar-refractivity contribution in [2.45, 2.75) is 32.1 Å². The van der Waals surface area contributed by atoms with E-state index in [4.69, 9.17) is 0 Å². The average Bonchev–Trinajstić information content (AvgIpc) is 2.18. The summed E-state index contributed by atoms with van der Waals surface area (Å²) in [5.41, 5.74) is 0. The molecule has 0 radical (unpaired) electrons. The van der Waals surface area contributed by atoms with Crippen molar-refractivity contribution < 1.29 is 0 Å². The first-order chi connectivity index (χ1) is 6.50. The van der Waals surface area contributed by atoms with Gasteiger partial charge < -0.3 is 0 Å². The Bertz CT molecular complexity index is 192. The molecule has 0 atom stereocenters. The van der Waals surface area contributed by atoms with Gasteiger partial charge in [-0.3, -0.25) is 0 Å². The monoisotopic (exact) mass is 174 g/mol. The Hall–Kier alpha value is -1.04. The van der Waals surface area contributed by atoms with Crippen LogP contribution in [0.5, 0.6) is 0 Å². The van der Waals surface area contributed by atoms with Crippen LogP contribution in [-0.2, 0) is 0 Å². The first-order valence-electron chi connectivity index (χ1n) is 5.12. The molecule has 70 valence electrons. The average molecular weight is 174 g/mol. The molecule has 0 amide bonds. The van der Waals surface area contributed by atoms with E-state index in [1.165, 1.54) is 0 Å². The van der Waals surface area contributed by atoms with Crippen LogP contribution in [0.25, 0.3) is 0 Å². The van der Waals surface area contributed by atoms with Gasteiger partial charge in [0.2, 0.25) is 0 Å². The second kappa shape index (κ2) is 7.60. The second-order valence-electron chi connectivity index (χ2n) is 3.19. The lowest BCUT2D eigenvalue weighted by Crippen LogP contribution is -1.64. The lowest BCUT2D eigenvalue weighted by molar-refractivity contribution is 1.04. The third-order valence-corrected chi connectivity index (χ3v) is 1.99. The van der Waals surface area contributed by atoms with Gasteiger partial charge in [0.1, 0.15) is 0 Å². The molecular weight excluding hydrogens is 156 g/mol. The Morgan fingerprint density at radius 2 is 0.923 bits per heavy atom. The number of rotatable bonds is 0. The van der Waals surface area contributed by atoms with E-state index in [1.807, 2.05) is 0 Å². The molecule has 1 aliphatic rings. The zero-order valence-electron chi connectivity index (χ0n) is 8.15. The van der Waals surface area contributed by atoms with Gasteiger partial charge in [-0.05, 0) is 32.1 Å².